The van der Waals surface area contributed by atoms with Crippen molar-refractivity contribution in [3.8, 4) is 34.3 Å². The van der Waals surface area contributed by atoms with Crippen molar-refractivity contribution in [2.75, 3.05) is 13.2 Å². The highest BCUT2D eigenvalue weighted by atomic mass is 16.7. The fourth-order valence-corrected chi connectivity index (χ4v) is 4.87. The standard InChI is InChI=1S/C27H30O16/c28-7-18-21(34)22(35)24(37)27(42-18)39-8-11-20(33)23(36)25(38)43-26(11)40-10-4-14(31)19-15(32)6-16(41-17(19)5-10)9-1-2-12(29)13(30)3-9/h1-6,11,18,20-31,33-38H,7-8H2/t11-,18-,20+,21-,22+,23-,24-,25-,26+,27+/m0/s1. The number of fused-ring (bicyclic) bond motifs is 1. The summed E-state index contributed by atoms with van der Waals surface area (Å²) in [6.45, 7) is -1.30. The van der Waals surface area contributed by atoms with Crippen LogP contribution in [0.2, 0.25) is 0 Å². The Labute approximate surface area is 241 Å². The Morgan fingerprint density at radius 3 is 2.19 bits per heavy atom. The molecule has 3 heterocycles. The average molecular weight is 611 g/mol. The minimum atomic E-state index is -1.93. The first-order valence-corrected chi connectivity index (χ1v) is 13.0. The third-order valence-electron chi connectivity index (χ3n) is 7.30. The van der Waals surface area contributed by atoms with Crippen LogP contribution >= 0.6 is 0 Å². The zero-order valence-corrected chi connectivity index (χ0v) is 22.1. The largest absolute Gasteiger partial charge is 0.507 e. The van der Waals surface area contributed by atoms with Crippen LogP contribution in [0.25, 0.3) is 22.3 Å². The van der Waals surface area contributed by atoms with Gasteiger partial charge in [0.15, 0.2) is 29.5 Å². The first-order valence-electron chi connectivity index (χ1n) is 13.0. The van der Waals surface area contributed by atoms with E-state index in [1.54, 1.807) is 0 Å². The van der Waals surface area contributed by atoms with E-state index in [0.29, 0.717) is 0 Å². The van der Waals surface area contributed by atoms with E-state index in [1.807, 2.05) is 0 Å². The minimum absolute atomic E-state index is 0.0296. The summed E-state index contributed by atoms with van der Waals surface area (Å²) in [6.07, 6.45) is -15.1. The minimum Gasteiger partial charge on any atom is -0.507 e. The second kappa shape index (κ2) is 12.2. The molecule has 5 rings (SSSR count). The molecule has 0 radical (unpaired) electrons. The molecule has 2 aliphatic heterocycles. The van der Waals surface area contributed by atoms with Crippen LogP contribution in [0.1, 0.15) is 0 Å². The van der Waals surface area contributed by atoms with Crippen LogP contribution in [0.15, 0.2) is 45.6 Å². The second-order valence-electron chi connectivity index (χ2n) is 10.2. The molecular formula is C27H30O16. The van der Waals surface area contributed by atoms with E-state index in [0.717, 1.165) is 18.2 Å². The van der Waals surface area contributed by atoms with Gasteiger partial charge < -0.3 is 74.4 Å². The van der Waals surface area contributed by atoms with Gasteiger partial charge in [-0.2, -0.15) is 0 Å². The van der Waals surface area contributed by atoms with Crippen LogP contribution in [0.5, 0.6) is 23.0 Å². The molecule has 2 aliphatic rings. The smallest absolute Gasteiger partial charge is 0.210 e. The molecule has 0 aliphatic carbocycles. The van der Waals surface area contributed by atoms with Crippen LogP contribution in [-0.4, -0.2) is 120 Å². The van der Waals surface area contributed by atoms with Gasteiger partial charge in [0.1, 0.15) is 58.7 Å². The molecule has 0 unspecified atom stereocenters. The van der Waals surface area contributed by atoms with Gasteiger partial charge in [-0.25, -0.2) is 0 Å². The van der Waals surface area contributed by atoms with Crippen LogP contribution in [0.3, 0.4) is 0 Å². The molecule has 0 bridgehead atoms. The fourth-order valence-electron chi connectivity index (χ4n) is 4.87. The van der Waals surface area contributed by atoms with Crippen molar-refractivity contribution in [2.24, 2.45) is 5.92 Å². The van der Waals surface area contributed by atoms with Crippen LogP contribution < -0.4 is 10.2 Å². The number of phenolic OH excluding ortho intramolecular Hbond substituents is 3. The first-order chi connectivity index (χ1) is 20.4. The highest BCUT2D eigenvalue weighted by Gasteiger charge is 2.48. The Morgan fingerprint density at radius 2 is 1.49 bits per heavy atom. The van der Waals surface area contributed by atoms with Gasteiger partial charge in [-0.3, -0.25) is 4.79 Å². The predicted octanol–water partition coefficient (Wildman–Crippen LogP) is -2.22. The van der Waals surface area contributed by atoms with Gasteiger partial charge in [-0.15, -0.1) is 0 Å². The van der Waals surface area contributed by atoms with Crippen molar-refractivity contribution in [3.05, 3.63) is 46.6 Å². The van der Waals surface area contributed by atoms with E-state index in [4.69, 9.17) is 23.4 Å². The molecule has 10 N–H and O–H groups in total. The average Bonchev–Trinajstić information content (AvgIpc) is 2.96. The quantitative estimate of drug-likeness (QED) is 0.127. The lowest BCUT2D eigenvalue weighted by atomic mass is 9.94. The third kappa shape index (κ3) is 5.98. The van der Waals surface area contributed by atoms with Crippen molar-refractivity contribution in [1.82, 2.24) is 0 Å². The van der Waals surface area contributed by atoms with E-state index in [-0.39, 0.29) is 28.0 Å². The molecule has 0 saturated carbocycles. The highest BCUT2D eigenvalue weighted by molar-refractivity contribution is 5.86. The lowest BCUT2D eigenvalue weighted by molar-refractivity contribution is -0.335. The molecule has 16 nitrogen and oxygen atoms in total. The van der Waals surface area contributed by atoms with Gasteiger partial charge in [0.05, 0.1) is 25.2 Å². The van der Waals surface area contributed by atoms with Gasteiger partial charge >= 0.3 is 0 Å². The fraction of sp³-hybridized carbons (Fsp3) is 0.444. The molecule has 234 valence electrons. The number of benzene rings is 2. The van der Waals surface area contributed by atoms with Gasteiger partial charge in [-0.05, 0) is 18.2 Å². The van der Waals surface area contributed by atoms with E-state index < -0.39 is 97.3 Å². The Bertz CT molecular complexity index is 1510. The van der Waals surface area contributed by atoms with Gasteiger partial charge in [0.2, 0.25) is 6.29 Å². The monoisotopic (exact) mass is 610 g/mol. The normalized spacial score (nSPS) is 33.0. The lowest BCUT2D eigenvalue weighted by Crippen LogP contribution is -2.61. The van der Waals surface area contributed by atoms with Crippen molar-refractivity contribution < 1.29 is 74.4 Å². The molecule has 10 atom stereocenters. The maximum atomic E-state index is 12.8. The van der Waals surface area contributed by atoms with Gasteiger partial charge in [0.25, 0.3) is 0 Å². The van der Waals surface area contributed by atoms with Crippen LogP contribution in [0.4, 0.5) is 0 Å². The van der Waals surface area contributed by atoms with Gasteiger partial charge in [0, 0.05) is 23.8 Å². The number of hydrogen-bond acceptors (Lipinski definition) is 16. The number of rotatable bonds is 7. The summed E-state index contributed by atoms with van der Waals surface area (Å²) >= 11 is 0. The van der Waals surface area contributed by atoms with Crippen molar-refractivity contribution in [1.29, 1.82) is 0 Å². The molecule has 2 fully saturated rings. The molecule has 2 aromatic carbocycles. The molecule has 3 aromatic rings. The number of aromatic hydroxyl groups is 3. The summed E-state index contributed by atoms with van der Waals surface area (Å²) in [4.78, 5) is 12.8. The first kappa shape index (κ1) is 30.9. The Kier molecular flexibility index (Phi) is 8.77. The number of ether oxygens (including phenoxy) is 4. The van der Waals surface area contributed by atoms with Crippen LogP contribution in [0, 0.1) is 5.92 Å². The van der Waals surface area contributed by atoms with E-state index in [1.165, 1.54) is 18.2 Å². The summed E-state index contributed by atoms with van der Waals surface area (Å²) in [5, 5.41) is 100. The molecule has 2 saturated heterocycles. The zero-order valence-electron chi connectivity index (χ0n) is 22.1. The molecule has 43 heavy (non-hydrogen) atoms. The topological polar surface area (TPSA) is 269 Å². The second-order valence-corrected chi connectivity index (χ2v) is 10.2. The number of phenols is 3. The Hall–Kier alpha value is -3.55. The maximum Gasteiger partial charge on any atom is 0.210 e. The van der Waals surface area contributed by atoms with Crippen LogP contribution in [-0.2, 0) is 14.2 Å². The summed E-state index contributed by atoms with van der Waals surface area (Å²) in [7, 11) is 0. The SMILES string of the molecule is O=c1cc(-c2ccc(O)c(O)c2)oc2cc(O[C@@H]3O[C@H](O)[C@@H](O)[C@H](O)[C@@H]3CO[C@@H]3O[C@@H](CO)[C@H](O)[C@@H](O)[C@@H]3O)cc(O)c12. The summed E-state index contributed by atoms with van der Waals surface area (Å²) < 4.78 is 27.6. The van der Waals surface area contributed by atoms with Crippen molar-refractivity contribution in [2.45, 2.75) is 55.5 Å². The number of hydrogen-bond donors (Lipinski definition) is 10. The number of aliphatic hydroxyl groups excluding tert-OH is 7. The summed E-state index contributed by atoms with van der Waals surface area (Å²) in [5.41, 5.74) is -0.598. The van der Waals surface area contributed by atoms with E-state index in [9.17, 15) is 55.9 Å². The summed E-state index contributed by atoms with van der Waals surface area (Å²) in [5.74, 6) is -2.94. The van der Waals surface area contributed by atoms with E-state index >= 15 is 0 Å². The highest BCUT2D eigenvalue weighted by Crippen LogP contribution is 2.36. The van der Waals surface area contributed by atoms with Crippen molar-refractivity contribution in [3.63, 3.8) is 0 Å². The third-order valence-corrected chi connectivity index (χ3v) is 7.30. The Morgan fingerprint density at radius 1 is 0.744 bits per heavy atom. The predicted molar refractivity (Wildman–Crippen MR) is 140 cm³/mol. The number of aliphatic hydroxyl groups is 7. The summed E-state index contributed by atoms with van der Waals surface area (Å²) in [6, 6.07) is 7.02. The molecule has 16 heteroatoms. The molecule has 0 amide bonds. The lowest BCUT2D eigenvalue weighted by Gasteiger charge is -2.43. The molecular weight excluding hydrogens is 580 g/mol. The Balaban J connectivity index is 1.42. The molecule has 1 aromatic heterocycles. The van der Waals surface area contributed by atoms with E-state index in [2.05, 4.69) is 0 Å². The zero-order chi connectivity index (χ0) is 31.2. The molecule has 0 spiro atoms. The maximum absolute atomic E-state index is 12.8. The van der Waals surface area contributed by atoms with Gasteiger partial charge in [-0.1, -0.05) is 0 Å². The van der Waals surface area contributed by atoms with Crippen molar-refractivity contribution >= 4 is 11.0 Å².